The molecule has 2 nitrogen and oxygen atoms in total. The van der Waals surface area contributed by atoms with Crippen LogP contribution in [0.3, 0.4) is 0 Å². The Morgan fingerprint density at radius 3 is 2.00 bits per heavy atom. The average molecular weight is 404 g/mol. The third-order valence-electron chi connectivity index (χ3n) is 3.64. The number of rotatable bonds is 4. The molecule has 0 aliphatic heterocycles. The van der Waals surface area contributed by atoms with Crippen LogP contribution < -0.4 is 0 Å². The van der Waals surface area contributed by atoms with Crippen LogP contribution in [0.15, 0.2) is 34.3 Å². The molecule has 0 aromatic heterocycles. The quantitative estimate of drug-likeness (QED) is 0.542. The summed E-state index contributed by atoms with van der Waals surface area (Å²) >= 11 is 0. The smallest absolute Gasteiger partial charge is 0.0113 e. The van der Waals surface area contributed by atoms with Crippen molar-refractivity contribution in [3.63, 3.8) is 0 Å². The van der Waals surface area contributed by atoms with Gasteiger partial charge in [-0.2, -0.15) is 6.72 Å². The minimum Gasteiger partial charge on any atom is -0.503 e. The summed E-state index contributed by atoms with van der Waals surface area (Å²) in [5.41, 5.74) is 2.20. The van der Waals surface area contributed by atoms with Gasteiger partial charge in [0.2, 0.25) is 0 Å². The zero-order valence-electron chi connectivity index (χ0n) is 11.2. The first-order chi connectivity index (χ1) is 8.31. The molecule has 1 aromatic rings. The molecule has 0 heterocycles. The topological polar surface area (TPSA) is 24.7 Å². The second-order valence-corrected chi connectivity index (χ2v) is 4.82. The molecule has 19 heavy (non-hydrogen) atoms. The number of hydrogen-bond acceptors (Lipinski definition) is 2. The summed E-state index contributed by atoms with van der Waals surface area (Å²) in [5.74, 6) is 0.772. The first-order valence-corrected chi connectivity index (χ1v) is 6.21. The fourth-order valence-electron chi connectivity index (χ4n) is 2.55. The number of hydrogen-bond donors (Lipinski definition) is 0. The molecule has 0 spiro atoms. The molecule has 1 aliphatic carbocycles. The van der Waals surface area contributed by atoms with Gasteiger partial charge in [0.15, 0.2) is 0 Å². The number of benzene rings is 1. The molecule has 0 bridgehead atoms. The van der Waals surface area contributed by atoms with Gasteiger partial charge in [0, 0.05) is 71.5 Å². The molecule has 2 rings (SSSR count). The van der Waals surface area contributed by atoms with E-state index in [4.69, 9.17) is 13.4 Å². The first-order valence-electron chi connectivity index (χ1n) is 6.21. The van der Waals surface area contributed by atoms with Crippen molar-refractivity contribution < 1.29 is 65.4 Å². The van der Waals surface area contributed by atoms with Crippen LogP contribution >= 0.6 is 0 Å². The molecule has 0 atom stereocenters. The fraction of sp³-hybridized carbons (Fsp3) is 0.467. The molecule has 0 N–H and O–H groups in total. The largest absolute Gasteiger partial charge is 0.503 e. The van der Waals surface area contributed by atoms with Crippen LogP contribution in [0, 0.1) is 5.92 Å². The predicted molar refractivity (Wildman–Crippen MR) is 72.5 cm³/mol. The van der Waals surface area contributed by atoms with Crippen molar-refractivity contribution in [3.05, 3.63) is 29.8 Å². The van der Waals surface area contributed by atoms with Crippen LogP contribution in [-0.4, -0.2) is 19.5 Å². The van der Waals surface area contributed by atoms with Crippen LogP contribution in [-0.2, 0) is 71.8 Å². The molecule has 0 unspecified atom stereocenters. The molecule has 0 amide bonds. The van der Waals surface area contributed by atoms with Gasteiger partial charge in [0.05, 0.1) is 0 Å². The Balaban J connectivity index is 0.00000162. The van der Waals surface area contributed by atoms with Gasteiger partial charge in [-0.15, -0.1) is 12.1 Å². The van der Waals surface area contributed by atoms with E-state index < -0.39 is 0 Å². The zero-order valence-corrected chi connectivity index (χ0v) is 16.9. The molecule has 1 aromatic carbocycles. The predicted octanol–water partition coefficient (Wildman–Crippen LogP) is 3.57. The van der Waals surface area contributed by atoms with Gasteiger partial charge in [-0.05, 0) is 38.0 Å². The Morgan fingerprint density at radius 2 is 1.53 bits per heavy atom. The van der Waals surface area contributed by atoms with E-state index in [9.17, 15) is 0 Å². The van der Waals surface area contributed by atoms with E-state index in [0.717, 1.165) is 30.9 Å². The second-order valence-electron chi connectivity index (χ2n) is 4.82. The van der Waals surface area contributed by atoms with Crippen LogP contribution in [0.2, 0.25) is 0 Å². The Bertz CT molecular complexity index is 382. The van der Waals surface area contributed by atoms with Crippen molar-refractivity contribution in [2.45, 2.75) is 38.1 Å². The number of nitrogens with zero attached hydrogens (tertiary/aromatic N) is 2. The summed E-state index contributed by atoms with van der Waals surface area (Å²) in [7, 11) is 0. The second kappa shape index (κ2) is 10.5. The van der Waals surface area contributed by atoms with Crippen LogP contribution in [0.25, 0.3) is 0 Å². The minimum atomic E-state index is 0. The zero-order chi connectivity index (χ0) is 12.1. The molecule has 1 saturated carbocycles. The van der Waals surface area contributed by atoms with Gasteiger partial charge in [0.25, 0.3) is 0 Å². The number of aliphatic imine (C=N–C) groups is 2. The SMILES string of the molecule is [CH-]=Nc1ccc(CC2CCC(N=[CH-])CC2)cc1.[Y].[Y]. The summed E-state index contributed by atoms with van der Waals surface area (Å²) < 4.78 is 0. The Hall–Kier alpha value is 0.768. The Morgan fingerprint density at radius 1 is 0.947 bits per heavy atom. The molecule has 1 fully saturated rings. The monoisotopic (exact) mass is 404 g/mol. The van der Waals surface area contributed by atoms with E-state index >= 15 is 0 Å². The van der Waals surface area contributed by atoms with Gasteiger partial charge < -0.3 is 16.7 Å². The molecule has 96 valence electrons. The van der Waals surface area contributed by atoms with E-state index in [1.807, 2.05) is 12.1 Å². The summed E-state index contributed by atoms with van der Waals surface area (Å²) in [4.78, 5) is 7.54. The molecule has 4 heteroatoms. The normalized spacial score (nSPS) is 21.7. The Kier molecular flexibility index (Phi) is 10.9. The first kappa shape index (κ1) is 19.8. The van der Waals surface area contributed by atoms with E-state index in [1.54, 1.807) is 0 Å². The fourth-order valence-corrected chi connectivity index (χ4v) is 2.55. The molecular weight excluding hydrogens is 386 g/mol. The van der Waals surface area contributed by atoms with Crippen molar-refractivity contribution in [2.24, 2.45) is 15.9 Å². The van der Waals surface area contributed by atoms with E-state index in [1.165, 1.54) is 18.4 Å². The molecular formula is C15H18N2Y2-2. The van der Waals surface area contributed by atoms with E-state index in [2.05, 4.69) is 22.1 Å². The van der Waals surface area contributed by atoms with Crippen molar-refractivity contribution >= 4 is 19.1 Å². The van der Waals surface area contributed by atoms with Gasteiger partial charge in [-0.25, -0.2) is 0 Å². The van der Waals surface area contributed by atoms with Gasteiger partial charge in [-0.3, -0.25) is 0 Å². The van der Waals surface area contributed by atoms with Crippen molar-refractivity contribution in [2.75, 3.05) is 0 Å². The van der Waals surface area contributed by atoms with Gasteiger partial charge in [-0.1, -0.05) is 23.4 Å². The van der Waals surface area contributed by atoms with Crippen molar-refractivity contribution in [1.82, 2.24) is 0 Å². The van der Waals surface area contributed by atoms with Crippen LogP contribution in [0.4, 0.5) is 5.69 Å². The van der Waals surface area contributed by atoms with Gasteiger partial charge in [0.1, 0.15) is 0 Å². The van der Waals surface area contributed by atoms with Crippen LogP contribution in [0.1, 0.15) is 31.2 Å². The van der Waals surface area contributed by atoms with E-state index in [-0.39, 0.29) is 65.4 Å². The van der Waals surface area contributed by atoms with Crippen molar-refractivity contribution in [3.8, 4) is 0 Å². The third-order valence-corrected chi connectivity index (χ3v) is 3.64. The van der Waals surface area contributed by atoms with Crippen molar-refractivity contribution in [1.29, 1.82) is 0 Å². The van der Waals surface area contributed by atoms with Crippen LogP contribution in [0.5, 0.6) is 0 Å². The Labute approximate surface area is 166 Å². The summed E-state index contributed by atoms with van der Waals surface area (Å²) in [6.07, 6.45) is 5.87. The molecule has 2 radical (unpaired) electrons. The van der Waals surface area contributed by atoms with Gasteiger partial charge >= 0.3 is 0 Å². The summed E-state index contributed by atoms with van der Waals surface area (Å²) in [5, 5.41) is 0. The maximum absolute atomic E-state index is 5.34. The minimum absolute atomic E-state index is 0. The average Bonchev–Trinajstić information content (AvgIpc) is 2.40. The molecule has 0 saturated heterocycles. The summed E-state index contributed by atoms with van der Waals surface area (Å²) in [6, 6.07) is 8.56. The third kappa shape index (κ3) is 6.38. The maximum Gasteiger partial charge on any atom is 0.0113 e. The van der Waals surface area contributed by atoms with E-state index in [0.29, 0.717) is 6.04 Å². The summed E-state index contributed by atoms with van der Waals surface area (Å²) in [6.45, 7) is 10.6. The maximum atomic E-state index is 5.34. The molecule has 1 aliphatic rings. The standard InChI is InChI=1S/C15H18N2.2Y/c1-16-14-7-3-12(4-8-14)11-13-5-9-15(17-2)10-6-13;;/h1-4,7-8,13,15H,5-6,9-11H2;;/q-2;;.